The molecule has 1 atom stereocenters. The molecule has 8 nitrogen and oxygen atoms in total. The van der Waals surface area contributed by atoms with Crippen molar-refractivity contribution >= 4 is 11.8 Å². The summed E-state index contributed by atoms with van der Waals surface area (Å²) < 4.78 is 1.41. The summed E-state index contributed by atoms with van der Waals surface area (Å²) in [5, 5.41) is 5.30. The second-order valence-corrected chi connectivity index (χ2v) is 5.34. The number of hydrogen-bond acceptors (Lipinski definition) is 4. The Hall–Kier alpha value is -2.90. The van der Waals surface area contributed by atoms with Crippen molar-refractivity contribution in [3.8, 4) is 0 Å². The van der Waals surface area contributed by atoms with Gasteiger partial charge in [0, 0.05) is 18.9 Å². The van der Waals surface area contributed by atoms with Crippen LogP contribution in [0.25, 0.3) is 0 Å². The zero-order chi connectivity index (χ0) is 16.4. The van der Waals surface area contributed by atoms with Crippen molar-refractivity contribution in [2.75, 3.05) is 5.32 Å². The van der Waals surface area contributed by atoms with E-state index >= 15 is 0 Å². The number of unbranched alkanes of at least 4 members (excludes halogenated alkanes) is 1. The zero-order valence-corrected chi connectivity index (χ0v) is 12.6. The van der Waals surface area contributed by atoms with Crippen LogP contribution in [0.15, 0.2) is 34.1 Å². The van der Waals surface area contributed by atoms with Crippen molar-refractivity contribution in [3.63, 3.8) is 0 Å². The predicted octanol–water partition coefficient (Wildman–Crippen LogP) is 0.956. The Labute approximate surface area is 131 Å². The number of aromatic amines is 1. The van der Waals surface area contributed by atoms with Crippen LogP contribution in [0.1, 0.15) is 36.9 Å². The van der Waals surface area contributed by atoms with Gasteiger partial charge in [-0.05, 0) is 18.1 Å². The van der Waals surface area contributed by atoms with Crippen molar-refractivity contribution in [3.05, 3.63) is 56.5 Å². The topological polar surface area (TPSA) is 109 Å². The molecule has 1 aliphatic heterocycles. The highest BCUT2D eigenvalue weighted by Crippen LogP contribution is 2.27. The molecule has 2 aromatic heterocycles. The molecular weight excluding hydrogens is 298 g/mol. The van der Waals surface area contributed by atoms with E-state index in [0.29, 0.717) is 17.7 Å². The van der Waals surface area contributed by atoms with E-state index < -0.39 is 23.3 Å². The summed E-state index contributed by atoms with van der Waals surface area (Å²) in [4.78, 5) is 42.8. The molecule has 8 heteroatoms. The number of carbonyl (C=O) groups is 1. The molecule has 1 aliphatic rings. The Balaban J connectivity index is 2.20. The molecule has 0 aromatic carbocycles. The number of amides is 2. The molecule has 1 unspecified atom stereocenters. The van der Waals surface area contributed by atoms with Gasteiger partial charge in [0.2, 0.25) is 0 Å². The minimum absolute atomic E-state index is 0.254. The summed E-state index contributed by atoms with van der Waals surface area (Å²) in [5.41, 5.74) is -0.0449. The van der Waals surface area contributed by atoms with Crippen molar-refractivity contribution in [1.82, 2.24) is 19.9 Å². The SMILES string of the molecule is CCCCn1c2c(c(=O)[nH]c1=O)C(c1cccnc1)NC(=O)N2. The van der Waals surface area contributed by atoms with E-state index in [-0.39, 0.29) is 5.82 Å². The third-order valence-corrected chi connectivity index (χ3v) is 3.78. The van der Waals surface area contributed by atoms with Crippen LogP contribution < -0.4 is 21.9 Å². The van der Waals surface area contributed by atoms with E-state index in [4.69, 9.17) is 0 Å². The Morgan fingerprint density at radius 3 is 2.83 bits per heavy atom. The maximum absolute atomic E-state index is 12.3. The van der Waals surface area contributed by atoms with Gasteiger partial charge < -0.3 is 5.32 Å². The fourth-order valence-electron chi connectivity index (χ4n) is 2.66. The molecule has 23 heavy (non-hydrogen) atoms. The Morgan fingerprint density at radius 1 is 1.30 bits per heavy atom. The Morgan fingerprint density at radius 2 is 2.13 bits per heavy atom. The number of urea groups is 1. The van der Waals surface area contributed by atoms with E-state index in [1.54, 1.807) is 24.5 Å². The third-order valence-electron chi connectivity index (χ3n) is 3.78. The van der Waals surface area contributed by atoms with Crippen molar-refractivity contribution in [1.29, 1.82) is 0 Å². The largest absolute Gasteiger partial charge is 0.329 e. The van der Waals surface area contributed by atoms with Crippen LogP contribution in [-0.2, 0) is 6.54 Å². The predicted molar refractivity (Wildman–Crippen MR) is 84.5 cm³/mol. The summed E-state index contributed by atoms with van der Waals surface area (Å²) >= 11 is 0. The Bertz CT molecular complexity index is 840. The van der Waals surface area contributed by atoms with Crippen LogP contribution in [-0.4, -0.2) is 20.6 Å². The molecule has 0 saturated heterocycles. The molecule has 3 heterocycles. The number of aromatic nitrogens is 3. The highest BCUT2D eigenvalue weighted by molar-refractivity contribution is 5.92. The lowest BCUT2D eigenvalue weighted by molar-refractivity contribution is 0.248. The molecule has 120 valence electrons. The molecule has 2 amide bonds. The lowest BCUT2D eigenvalue weighted by Crippen LogP contribution is -2.46. The van der Waals surface area contributed by atoms with Crippen molar-refractivity contribution < 1.29 is 4.79 Å². The second-order valence-electron chi connectivity index (χ2n) is 5.34. The van der Waals surface area contributed by atoms with Crippen LogP contribution in [0.2, 0.25) is 0 Å². The van der Waals surface area contributed by atoms with Crippen LogP contribution in [0.5, 0.6) is 0 Å². The average molecular weight is 315 g/mol. The molecule has 0 spiro atoms. The normalized spacial score (nSPS) is 16.4. The monoisotopic (exact) mass is 315 g/mol. The van der Waals surface area contributed by atoms with Crippen LogP contribution >= 0.6 is 0 Å². The van der Waals surface area contributed by atoms with E-state index in [1.165, 1.54) is 4.57 Å². The number of nitrogens with zero attached hydrogens (tertiary/aromatic N) is 2. The van der Waals surface area contributed by atoms with Gasteiger partial charge in [0.1, 0.15) is 5.82 Å². The minimum atomic E-state index is -0.648. The van der Waals surface area contributed by atoms with Gasteiger partial charge in [0.25, 0.3) is 5.56 Å². The summed E-state index contributed by atoms with van der Waals surface area (Å²) in [6.45, 7) is 2.43. The number of nitrogens with one attached hydrogen (secondary N) is 3. The first-order chi connectivity index (χ1) is 11.1. The summed E-state index contributed by atoms with van der Waals surface area (Å²) in [6.07, 6.45) is 4.85. The molecule has 2 aromatic rings. The van der Waals surface area contributed by atoms with Gasteiger partial charge in [-0.15, -0.1) is 0 Å². The first kappa shape index (κ1) is 15.0. The number of H-pyrrole nitrogens is 1. The minimum Gasteiger partial charge on any atom is -0.326 e. The fourth-order valence-corrected chi connectivity index (χ4v) is 2.66. The molecule has 3 N–H and O–H groups in total. The lowest BCUT2D eigenvalue weighted by Gasteiger charge is -2.28. The highest BCUT2D eigenvalue weighted by Gasteiger charge is 2.31. The average Bonchev–Trinajstić information content (AvgIpc) is 2.54. The molecule has 0 radical (unpaired) electrons. The van der Waals surface area contributed by atoms with Crippen molar-refractivity contribution in [2.45, 2.75) is 32.4 Å². The highest BCUT2D eigenvalue weighted by atomic mass is 16.2. The number of hydrogen-bond donors (Lipinski definition) is 3. The smallest absolute Gasteiger partial charge is 0.326 e. The third kappa shape index (κ3) is 2.75. The van der Waals surface area contributed by atoms with Gasteiger partial charge in [-0.2, -0.15) is 0 Å². The first-order valence-corrected chi connectivity index (χ1v) is 7.46. The van der Waals surface area contributed by atoms with Gasteiger partial charge in [-0.25, -0.2) is 9.59 Å². The maximum Gasteiger partial charge on any atom is 0.329 e. The van der Waals surface area contributed by atoms with Crippen LogP contribution in [0, 0.1) is 0 Å². The van der Waals surface area contributed by atoms with Crippen LogP contribution in [0.3, 0.4) is 0 Å². The molecule has 0 bridgehead atoms. The molecule has 0 saturated carbocycles. The molecular formula is C15H17N5O3. The second kappa shape index (κ2) is 6.07. The van der Waals surface area contributed by atoms with Gasteiger partial charge in [0.05, 0.1) is 11.6 Å². The van der Waals surface area contributed by atoms with Gasteiger partial charge in [-0.3, -0.25) is 24.6 Å². The molecule has 0 aliphatic carbocycles. The lowest BCUT2D eigenvalue weighted by atomic mass is 10.00. The number of rotatable bonds is 4. The van der Waals surface area contributed by atoms with Gasteiger partial charge >= 0.3 is 11.7 Å². The summed E-state index contributed by atoms with van der Waals surface area (Å²) in [7, 11) is 0. The number of pyridine rings is 1. The van der Waals surface area contributed by atoms with Crippen molar-refractivity contribution in [2.24, 2.45) is 0 Å². The summed E-state index contributed by atoms with van der Waals surface area (Å²) in [5.74, 6) is 0.254. The fraction of sp³-hybridized carbons (Fsp3) is 0.333. The number of fused-ring (bicyclic) bond motifs is 1. The molecule has 3 rings (SSSR count). The number of carbonyl (C=O) groups excluding carboxylic acids is 1. The summed E-state index contributed by atoms with van der Waals surface area (Å²) in [6, 6.07) is 2.39. The van der Waals surface area contributed by atoms with E-state index in [2.05, 4.69) is 20.6 Å². The first-order valence-electron chi connectivity index (χ1n) is 7.46. The van der Waals surface area contributed by atoms with Crippen LogP contribution in [0.4, 0.5) is 10.6 Å². The Kier molecular flexibility index (Phi) is 3.96. The van der Waals surface area contributed by atoms with E-state index in [1.807, 2.05) is 6.92 Å². The zero-order valence-electron chi connectivity index (χ0n) is 12.6. The van der Waals surface area contributed by atoms with E-state index in [9.17, 15) is 14.4 Å². The molecule has 0 fully saturated rings. The van der Waals surface area contributed by atoms with Gasteiger partial charge in [-0.1, -0.05) is 19.4 Å². The maximum atomic E-state index is 12.3. The number of anilines is 1. The van der Waals surface area contributed by atoms with Gasteiger partial charge in [0.15, 0.2) is 0 Å². The quantitative estimate of drug-likeness (QED) is 0.780. The van der Waals surface area contributed by atoms with E-state index in [0.717, 1.165) is 12.8 Å². The standard InChI is InChI=1S/C15H17N5O3/c1-2-3-7-20-12-10(13(21)19-15(20)23)11(17-14(22)18-12)9-5-4-6-16-8-9/h4-6,8,11H,2-3,7H2,1H3,(H2,17,18,22)(H,19,21,23).